The molecule has 1 atom stereocenters. The summed E-state index contributed by atoms with van der Waals surface area (Å²) in [6, 6.07) is 7.12. The average molecular weight is 367 g/mol. The molecular formula is C18H20Cl2N2O2. The van der Waals surface area contributed by atoms with Gasteiger partial charge < -0.3 is 9.84 Å². The third-order valence-corrected chi connectivity index (χ3v) is 5.32. The van der Waals surface area contributed by atoms with Crippen molar-refractivity contribution >= 4 is 34.9 Å². The lowest BCUT2D eigenvalue weighted by Crippen LogP contribution is -2.23. The molecule has 24 heavy (non-hydrogen) atoms. The third-order valence-electron chi connectivity index (χ3n) is 4.59. The van der Waals surface area contributed by atoms with Crippen LogP contribution in [0.4, 0.5) is 5.82 Å². The zero-order chi connectivity index (χ0) is 17.1. The fourth-order valence-electron chi connectivity index (χ4n) is 3.34. The summed E-state index contributed by atoms with van der Waals surface area (Å²) in [5.74, 6) is 1.30. The first kappa shape index (κ1) is 17.3. The number of carbonyl (C=O) groups is 1. The third kappa shape index (κ3) is 4.11. The van der Waals surface area contributed by atoms with Crippen LogP contribution >= 0.6 is 23.2 Å². The van der Waals surface area contributed by atoms with Gasteiger partial charge in [0, 0.05) is 6.07 Å². The zero-order valence-corrected chi connectivity index (χ0v) is 15.0. The number of benzene rings is 1. The molecule has 3 rings (SSSR count). The maximum atomic E-state index is 12.8. The summed E-state index contributed by atoms with van der Waals surface area (Å²) in [5.41, 5.74) is 0.883. The zero-order valence-electron chi connectivity index (χ0n) is 13.5. The summed E-state index contributed by atoms with van der Waals surface area (Å²) in [7, 11) is 0. The van der Waals surface area contributed by atoms with Gasteiger partial charge in [-0.15, -0.1) is 0 Å². The van der Waals surface area contributed by atoms with Crippen LogP contribution in [0.2, 0.25) is 10.0 Å². The molecule has 1 heterocycles. The Bertz CT molecular complexity index is 724. The highest BCUT2D eigenvalue weighted by Gasteiger charge is 2.27. The SMILES string of the molecule is Cc1cc(NC(=O)C(CC2CCCC2)c2ccc(Cl)c(Cl)c2)no1. The molecule has 128 valence electrons. The first-order valence-electron chi connectivity index (χ1n) is 8.22. The molecule has 1 aromatic carbocycles. The van der Waals surface area contributed by atoms with Gasteiger partial charge in [-0.05, 0) is 37.0 Å². The molecule has 1 fully saturated rings. The Morgan fingerprint density at radius 1 is 1.29 bits per heavy atom. The highest BCUT2D eigenvalue weighted by Crippen LogP contribution is 2.36. The van der Waals surface area contributed by atoms with E-state index in [4.69, 9.17) is 27.7 Å². The minimum Gasteiger partial charge on any atom is -0.360 e. The fourth-order valence-corrected chi connectivity index (χ4v) is 3.65. The second-order valence-electron chi connectivity index (χ2n) is 6.42. The van der Waals surface area contributed by atoms with Gasteiger partial charge in [-0.2, -0.15) is 0 Å². The minimum absolute atomic E-state index is 0.0893. The average Bonchev–Trinajstić information content (AvgIpc) is 3.19. The molecule has 1 aromatic heterocycles. The van der Waals surface area contributed by atoms with E-state index in [0.29, 0.717) is 27.5 Å². The van der Waals surface area contributed by atoms with Crippen LogP contribution < -0.4 is 5.32 Å². The number of aromatic nitrogens is 1. The Hall–Kier alpha value is -1.52. The number of hydrogen-bond donors (Lipinski definition) is 1. The summed E-state index contributed by atoms with van der Waals surface area (Å²) in [5, 5.41) is 7.65. The van der Waals surface area contributed by atoms with Crippen LogP contribution in [0.3, 0.4) is 0 Å². The van der Waals surface area contributed by atoms with Gasteiger partial charge in [-0.1, -0.05) is 60.1 Å². The molecular weight excluding hydrogens is 347 g/mol. The monoisotopic (exact) mass is 366 g/mol. The molecule has 4 nitrogen and oxygen atoms in total. The summed E-state index contributed by atoms with van der Waals surface area (Å²) in [4.78, 5) is 12.8. The van der Waals surface area contributed by atoms with E-state index in [-0.39, 0.29) is 11.8 Å². The fraction of sp³-hybridized carbons (Fsp3) is 0.444. The van der Waals surface area contributed by atoms with Crippen molar-refractivity contribution in [2.75, 3.05) is 5.32 Å². The molecule has 2 aromatic rings. The molecule has 1 unspecified atom stereocenters. The predicted molar refractivity (Wildman–Crippen MR) is 95.6 cm³/mol. The lowest BCUT2D eigenvalue weighted by Gasteiger charge is -2.20. The van der Waals surface area contributed by atoms with Crippen molar-refractivity contribution in [1.82, 2.24) is 5.16 Å². The van der Waals surface area contributed by atoms with Crippen molar-refractivity contribution in [2.45, 2.75) is 44.9 Å². The van der Waals surface area contributed by atoms with E-state index in [1.807, 2.05) is 6.07 Å². The molecule has 0 bridgehead atoms. The van der Waals surface area contributed by atoms with E-state index in [9.17, 15) is 4.79 Å². The predicted octanol–water partition coefficient (Wildman–Crippen LogP) is 5.59. The van der Waals surface area contributed by atoms with Gasteiger partial charge in [0.05, 0.1) is 16.0 Å². The molecule has 6 heteroatoms. The summed E-state index contributed by atoms with van der Waals surface area (Å²) in [6.45, 7) is 1.79. The van der Waals surface area contributed by atoms with Gasteiger partial charge in [0.15, 0.2) is 5.82 Å². The second-order valence-corrected chi connectivity index (χ2v) is 7.24. The maximum absolute atomic E-state index is 12.8. The van der Waals surface area contributed by atoms with Crippen molar-refractivity contribution in [3.8, 4) is 0 Å². The Morgan fingerprint density at radius 2 is 2.04 bits per heavy atom. The van der Waals surface area contributed by atoms with Gasteiger partial charge in [-0.25, -0.2) is 0 Å². The van der Waals surface area contributed by atoms with Crippen molar-refractivity contribution < 1.29 is 9.32 Å². The van der Waals surface area contributed by atoms with E-state index in [0.717, 1.165) is 12.0 Å². The van der Waals surface area contributed by atoms with Crippen LogP contribution in [0.1, 0.15) is 49.3 Å². The molecule has 0 spiro atoms. The quantitative estimate of drug-likeness (QED) is 0.749. The van der Waals surface area contributed by atoms with Gasteiger partial charge in [-0.3, -0.25) is 4.79 Å². The Kier molecular flexibility index (Phi) is 5.47. The van der Waals surface area contributed by atoms with Crippen LogP contribution in [0.25, 0.3) is 0 Å². The minimum atomic E-state index is -0.278. The van der Waals surface area contributed by atoms with E-state index in [1.54, 1.807) is 25.1 Å². The lowest BCUT2D eigenvalue weighted by atomic mass is 9.87. The number of hydrogen-bond acceptors (Lipinski definition) is 3. The molecule has 0 radical (unpaired) electrons. The molecule has 1 N–H and O–H groups in total. The van der Waals surface area contributed by atoms with Gasteiger partial charge in [0.1, 0.15) is 5.76 Å². The molecule has 1 saturated carbocycles. The number of amides is 1. The molecule has 1 aliphatic rings. The largest absolute Gasteiger partial charge is 0.360 e. The number of nitrogens with one attached hydrogen (secondary N) is 1. The van der Waals surface area contributed by atoms with Crippen LogP contribution in [0, 0.1) is 12.8 Å². The lowest BCUT2D eigenvalue weighted by molar-refractivity contribution is -0.118. The highest BCUT2D eigenvalue weighted by atomic mass is 35.5. The van der Waals surface area contributed by atoms with Crippen LogP contribution in [0.15, 0.2) is 28.8 Å². The van der Waals surface area contributed by atoms with Crippen molar-refractivity contribution in [2.24, 2.45) is 5.92 Å². The van der Waals surface area contributed by atoms with Gasteiger partial charge >= 0.3 is 0 Å². The molecule has 0 aliphatic heterocycles. The summed E-state index contributed by atoms with van der Waals surface area (Å²) in [6.07, 6.45) is 5.63. The number of nitrogens with zero attached hydrogens (tertiary/aromatic N) is 1. The molecule has 0 saturated heterocycles. The molecule has 1 aliphatic carbocycles. The topological polar surface area (TPSA) is 55.1 Å². The number of carbonyl (C=O) groups excluding carboxylic acids is 1. The number of aryl methyl sites for hydroxylation is 1. The summed E-state index contributed by atoms with van der Waals surface area (Å²) >= 11 is 12.2. The second kappa shape index (κ2) is 7.58. The smallest absolute Gasteiger partial charge is 0.233 e. The summed E-state index contributed by atoms with van der Waals surface area (Å²) < 4.78 is 5.02. The first-order valence-corrected chi connectivity index (χ1v) is 8.97. The van der Waals surface area contributed by atoms with Gasteiger partial charge in [0.25, 0.3) is 0 Å². The van der Waals surface area contributed by atoms with E-state index in [1.165, 1.54) is 25.7 Å². The van der Waals surface area contributed by atoms with Crippen LogP contribution in [0.5, 0.6) is 0 Å². The normalized spacial score (nSPS) is 16.3. The number of halogens is 2. The van der Waals surface area contributed by atoms with E-state index < -0.39 is 0 Å². The van der Waals surface area contributed by atoms with Crippen molar-refractivity contribution in [3.63, 3.8) is 0 Å². The Labute approximate surface area is 151 Å². The maximum Gasteiger partial charge on any atom is 0.233 e. The van der Waals surface area contributed by atoms with Crippen molar-refractivity contribution in [3.05, 3.63) is 45.6 Å². The van der Waals surface area contributed by atoms with E-state index in [2.05, 4.69) is 10.5 Å². The molecule has 1 amide bonds. The standard InChI is InChI=1S/C18H20Cl2N2O2/c1-11-8-17(22-24-11)21-18(23)14(9-12-4-2-3-5-12)13-6-7-15(19)16(20)10-13/h6-8,10,12,14H,2-5,9H2,1H3,(H,21,22,23). The number of anilines is 1. The number of rotatable bonds is 5. The van der Waals surface area contributed by atoms with Crippen molar-refractivity contribution in [1.29, 1.82) is 0 Å². The van der Waals surface area contributed by atoms with Crippen LogP contribution in [-0.2, 0) is 4.79 Å². The first-order chi connectivity index (χ1) is 11.5. The highest BCUT2D eigenvalue weighted by molar-refractivity contribution is 6.42. The Morgan fingerprint density at radius 3 is 2.67 bits per heavy atom. The Balaban J connectivity index is 1.82. The van der Waals surface area contributed by atoms with Crippen LogP contribution in [-0.4, -0.2) is 11.1 Å². The van der Waals surface area contributed by atoms with E-state index >= 15 is 0 Å². The van der Waals surface area contributed by atoms with Gasteiger partial charge in [0.2, 0.25) is 5.91 Å².